The summed E-state index contributed by atoms with van der Waals surface area (Å²) in [6.07, 6.45) is 9.00. The second kappa shape index (κ2) is 9.39. The Morgan fingerprint density at radius 1 is 0.762 bits per heavy atom. The fourth-order valence-electron chi connectivity index (χ4n) is 7.81. The van der Waals surface area contributed by atoms with Crippen molar-refractivity contribution < 1.29 is 9.13 Å². The summed E-state index contributed by atoms with van der Waals surface area (Å²) >= 11 is 0. The quantitative estimate of drug-likeness (QED) is 0.200. The molecule has 1 aliphatic carbocycles. The monoisotopic (exact) mass is 551 g/mol. The largest absolute Gasteiger partial charge is 0.378 e. The molecule has 7 rings (SSSR count). The van der Waals surface area contributed by atoms with Crippen LogP contribution < -0.4 is 14.0 Å². The third kappa shape index (κ3) is 3.52. The van der Waals surface area contributed by atoms with E-state index in [1.54, 1.807) is 0 Å². The highest BCUT2D eigenvalue weighted by atomic mass is 15.1. The van der Waals surface area contributed by atoms with E-state index in [4.69, 9.17) is 0 Å². The third-order valence-electron chi connectivity index (χ3n) is 10.3. The van der Waals surface area contributed by atoms with Crippen molar-refractivity contribution in [2.75, 3.05) is 19.0 Å². The fourth-order valence-corrected chi connectivity index (χ4v) is 7.81. The molecule has 42 heavy (non-hydrogen) atoms. The molecule has 0 fully saturated rings. The molecule has 0 radical (unpaired) electrons. The van der Waals surface area contributed by atoms with E-state index in [1.165, 1.54) is 66.9 Å². The summed E-state index contributed by atoms with van der Waals surface area (Å²) in [5.74, 6) is 0. The van der Waals surface area contributed by atoms with Gasteiger partial charge in [-0.3, -0.25) is 0 Å². The molecule has 210 valence electrons. The van der Waals surface area contributed by atoms with Gasteiger partial charge in [0.2, 0.25) is 17.6 Å². The first-order chi connectivity index (χ1) is 20.2. The van der Waals surface area contributed by atoms with Gasteiger partial charge in [-0.1, -0.05) is 70.2 Å². The molecule has 0 spiro atoms. The molecule has 0 N–H and O–H groups in total. The number of nitrogens with zero attached hydrogens (tertiary/aromatic N) is 3. The molecule has 3 nitrogen and oxygen atoms in total. The highest BCUT2D eigenvalue weighted by Gasteiger charge is 2.50. The molecule has 3 heteroatoms. The topological polar surface area (TPSA) is 11.0 Å². The predicted octanol–water partition coefficient (Wildman–Crippen LogP) is 8.29. The molecule has 2 aromatic heterocycles. The lowest BCUT2D eigenvalue weighted by Crippen LogP contribution is -2.46. The Kier molecular flexibility index (Phi) is 5.96. The minimum Gasteiger partial charge on any atom is -0.378 e. The van der Waals surface area contributed by atoms with E-state index < -0.39 is 0 Å². The van der Waals surface area contributed by atoms with Gasteiger partial charge >= 0.3 is 0 Å². The maximum atomic E-state index is 2.48. The molecule has 0 bridgehead atoms. The number of pyridine rings is 2. The van der Waals surface area contributed by atoms with Gasteiger partial charge in [-0.25, -0.2) is 0 Å². The Bertz CT molecular complexity index is 1920. The zero-order chi connectivity index (χ0) is 29.4. The van der Waals surface area contributed by atoms with Crippen LogP contribution in [0.2, 0.25) is 0 Å². The molecule has 2 aliphatic rings. The van der Waals surface area contributed by atoms with Gasteiger partial charge in [-0.2, -0.15) is 9.13 Å². The molecule has 0 amide bonds. The number of hydrogen-bond donors (Lipinski definition) is 0. The van der Waals surface area contributed by atoms with Crippen LogP contribution in [0.4, 0.5) is 5.69 Å². The van der Waals surface area contributed by atoms with Crippen LogP contribution in [0.25, 0.3) is 45.2 Å². The lowest BCUT2D eigenvalue weighted by atomic mass is 9.64. The van der Waals surface area contributed by atoms with Crippen LogP contribution in [0.15, 0.2) is 91.3 Å². The Morgan fingerprint density at radius 3 is 2.26 bits per heavy atom. The summed E-state index contributed by atoms with van der Waals surface area (Å²) in [5, 5.41) is 2.70. The predicted molar refractivity (Wildman–Crippen MR) is 176 cm³/mol. The average molecular weight is 552 g/mol. The van der Waals surface area contributed by atoms with Crippen molar-refractivity contribution in [2.24, 2.45) is 0 Å². The van der Waals surface area contributed by atoms with Crippen molar-refractivity contribution in [3.63, 3.8) is 0 Å². The van der Waals surface area contributed by atoms with Crippen molar-refractivity contribution in [1.29, 1.82) is 0 Å². The Labute approximate surface area is 250 Å². The zero-order valence-corrected chi connectivity index (χ0v) is 26.0. The fraction of sp³-hybridized carbons (Fsp3) is 0.282. The first kappa shape index (κ1) is 26.6. The molecule has 0 saturated carbocycles. The van der Waals surface area contributed by atoms with E-state index in [0.29, 0.717) is 0 Å². The van der Waals surface area contributed by atoms with Crippen molar-refractivity contribution in [3.8, 4) is 22.5 Å². The van der Waals surface area contributed by atoms with Crippen LogP contribution in [-0.2, 0) is 10.8 Å². The van der Waals surface area contributed by atoms with Gasteiger partial charge in [-0.15, -0.1) is 0 Å². The standard InChI is InChI=1S/C39H41N3/c1-8-39(9-2)32-17-13-16-31-36(32)37-35-27(14-12-15-30(35)38(31,4)5)21-23-41(37)25-34(39)42-22-11-10-18-33(42)29-24-28(40(6)7)20-19-26(29)3/h10-25H,8-9H2,1-7H3/q+2. The molecule has 0 saturated heterocycles. The van der Waals surface area contributed by atoms with Gasteiger partial charge in [0.25, 0.3) is 5.70 Å². The number of allylic oxidation sites excluding steroid dienone is 1. The maximum Gasteiger partial charge on any atom is 0.262 e. The summed E-state index contributed by atoms with van der Waals surface area (Å²) in [6, 6.07) is 29.7. The SMILES string of the molecule is CCC1(CC)C([n+]2ccccc2-c2cc(N(C)C)ccc2C)=C[n+]2ccc3cccc4c3c2-c2c1cccc2C4(C)C. The minimum atomic E-state index is -0.181. The highest BCUT2D eigenvalue weighted by Crippen LogP contribution is 2.54. The molecule has 0 unspecified atom stereocenters. The van der Waals surface area contributed by atoms with E-state index in [1.807, 2.05) is 0 Å². The van der Waals surface area contributed by atoms with E-state index in [9.17, 15) is 0 Å². The first-order valence-electron chi connectivity index (χ1n) is 15.4. The lowest BCUT2D eigenvalue weighted by Gasteiger charge is -2.37. The lowest BCUT2D eigenvalue weighted by molar-refractivity contribution is -0.594. The molecule has 0 atom stereocenters. The number of aromatic nitrogens is 2. The second-order valence-corrected chi connectivity index (χ2v) is 12.8. The van der Waals surface area contributed by atoms with Gasteiger partial charge in [-0.05, 0) is 65.6 Å². The van der Waals surface area contributed by atoms with Crippen LogP contribution in [0.3, 0.4) is 0 Å². The van der Waals surface area contributed by atoms with Crippen molar-refractivity contribution in [2.45, 2.75) is 58.3 Å². The second-order valence-electron chi connectivity index (χ2n) is 12.8. The smallest absolute Gasteiger partial charge is 0.262 e. The van der Waals surface area contributed by atoms with Gasteiger partial charge in [0.1, 0.15) is 0 Å². The van der Waals surface area contributed by atoms with Crippen LogP contribution in [-0.4, -0.2) is 14.1 Å². The summed E-state index contributed by atoms with van der Waals surface area (Å²) in [6.45, 7) is 11.8. The first-order valence-corrected chi connectivity index (χ1v) is 15.4. The molecule has 3 heterocycles. The minimum absolute atomic E-state index is 0.0937. The average Bonchev–Trinajstić information content (AvgIpc) is 3.13. The molecule has 1 aliphatic heterocycles. The Morgan fingerprint density at radius 2 is 1.50 bits per heavy atom. The van der Waals surface area contributed by atoms with Crippen LogP contribution in [0.1, 0.15) is 62.8 Å². The van der Waals surface area contributed by atoms with E-state index in [0.717, 1.165) is 12.8 Å². The van der Waals surface area contributed by atoms with Crippen molar-refractivity contribution in [1.82, 2.24) is 0 Å². The van der Waals surface area contributed by atoms with Crippen LogP contribution in [0.5, 0.6) is 0 Å². The molecule has 3 aromatic carbocycles. The van der Waals surface area contributed by atoms with Gasteiger partial charge in [0.05, 0.1) is 21.9 Å². The number of hydrogen-bond acceptors (Lipinski definition) is 1. The van der Waals surface area contributed by atoms with Gasteiger partial charge in [0, 0.05) is 43.4 Å². The zero-order valence-electron chi connectivity index (χ0n) is 26.0. The third-order valence-corrected chi connectivity index (χ3v) is 10.3. The number of anilines is 1. The van der Waals surface area contributed by atoms with Gasteiger partial charge < -0.3 is 4.90 Å². The molecule has 5 aromatic rings. The Hall–Kier alpha value is -4.24. The number of rotatable bonds is 5. The van der Waals surface area contributed by atoms with Crippen molar-refractivity contribution in [3.05, 3.63) is 114 Å². The van der Waals surface area contributed by atoms with E-state index >= 15 is 0 Å². The number of aryl methyl sites for hydroxylation is 1. The van der Waals surface area contributed by atoms with E-state index in [-0.39, 0.29) is 10.8 Å². The van der Waals surface area contributed by atoms with Crippen molar-refractivity contribution >= 4 is 28.4 Å². The van der Waals surface area contributed by atoms with Crippen LogP contribution >= 0.6 is 0 Å². The summed E-state index contributed by atoms with van der Waals surface area (Å²) in [7, 11) is 4.23. The normalized spacial score (nSPS) is 15.7. The summed E-state index contributed by atoms with van der Waals surface area (Å²) < 4.78 is 4.91. The van der Waals surface area contributed by atoms with E-state index in [2.05, 4.69) is 160 Å². The molecular weight excluding hydrogens is 510 g/mol. The summed E-state index contributed by atoms with van der Waals surface area (Å²) in [4.78, 5) is 2.19. The summed E-state index contributed by atoms with van der Waals surface area (Å²) in [5.41, 5.74) is 13.0. The molecular formula is C39H41N3+2. The number of benzene rings is 3. The van der Waals surface area contributed by atoms with Gasteiger partial charge in [0.15, 0.2) is 12.4 Å². The Balaban J connectivity index is 1.62. The van der Waals surface area contributed by atoms with Crippen LogP contribution in [0, 0.1) is 6.92 Å². The maximum absolute atomic E-state index is 2.48. The highest BCUT2D eigenvalue weighted by molar-refractivity contribution is 6.02.